The maximum atomic E-state index is 12.2. The topological polar surface area (TPSA) is 58.2 Å². The van der Waals surface area contributed by atoms with Gasteiger partial charge in [-0.05, 0) is 42.6 Å². The van der Waals surface area contributed by atoms with E-state index in [1.807, 2.05) is 0 Å². The molecule has 0 amide bonds. The van der Waals surface area contributed by atoms with Crippen molar-refractivity contribution < 1.29 is 8.42 Å². The highest BCUT2D eigenvalue weighted by Crippen LogP contribution is 2.21. The Morgan fingerprint density at radius 1 is 1.25 bits per heavy atom. The number of nitrogens with one attached hydrogen (secondary N) is 2. The molecule has 0 aromatic heterocycles. The van der Waals surface area contributed by atoms with Gasteiger partial charge in [-0.15, -0.1) is 0 Å². The summed E-state index contributed by atoms with van der Waals surface area (Å²) >= 11 is 6.03. The predicted molar refractivity (Wildman–Crippen MR) is 83.5 cm³/mol. The maximum absolute atomic E-state index is 12.2. The Kier molecular flexibility index (Phi) is 6.01. The van der Waals surface area contributed by atoms with Gasteiger partial charge in [0.15, 0.2) is 0 Å². The molecule has 2 N–H and O–H groups in total. The van der Waals surface area contributed by atoms with Crippen LogP contribution in [0, 0.1) is 5.41 Å². The Morgan fingerprint density at radius 3 is 2.45 bits per heavy atom. The Hall–Kier alpha value is -0.620. The molecule has 20 heavy (non-hydrogen) atoms. The molecule has 0 spiro atoms. The Balaban J connectivity index is 2.84. The normalized spacial score (nSPS) is 12.7. The van der Waals surface area contributed by atoms with Crippen LogP contribution in [0.2, 0.25) is 5.02 Å². The first-order valence-electron chi connectivity index (χ1n) is 6.58. The molecule has 0 bridgehead atoms. The summed E-state index contributed by atoms with van der Waals surface area (Å²) in [7, 11) is -1.69. The fourth-order valence-corrected chi connectivity index (χ4v) is 2.95. The summed E-state index contributed by atoms with van der Waals surface area (Å²) in [5.41, 5.74) is 0.868. The molecule has 0 saturated heterocycles. The van der Waals surface area contributed by atoms with E-state index < -0.39 is 10.0 Å². The molecule has 0 aliphatic carbocycles. The average Bonchev–Trinajstić information content (AvgIpc) is 2.30. The van der Waals surface area contributed by atoms with Crippen LogP contribution in [0.3, 0.4) is 0 Å². The molecule has 1 aromatic rings. The number of hydrogen-bond donors (Lipinski definition) is 2. The Bertz CT molecular complexity index is 551. The summed E-state index contributed by atoms with van der Waals surface area (Å²) < 4.78 is 27.1. The minimum atomic E-state index is -3.48. The van der Waals surface area contributed by atoms with Gasteiger partial charge in [-0.2, -0.15) is 0 Å². The highest BCUT2D eigenvalue weighted by atomic mass is 35.5. The molecular formula is C14H23ClN2O2S. The van der Waals surface area contributed by atoms with Gasteiger partial charge in [-0.3, -0.25) is 0 Å². The molecule has 4 nitrogen and oxygen atoms in total. The first-order chi connectivity index (χ1) is 9.15. The van der Waals surface area contributed by atoms with E-state index in [0.717, 1.165) is 12.0 Å². The van der Waals surface area contributed by atoms with E-state index in [1.54, 1.807) is 19.2 Å². The van der Waals surface area contributed by atoms with Gasteiger partial charge in [0.25, 0.3) is 0 Å². The monoisotopic (exact) mass is 318 g/mol. The number of benzene rings is 1. The Morgan fingerprint density at radius 2 is 1.90 bits per heavy atom. The molecule has 0 heterocycles. The lowest BCUT2D eigenvalue weighted by molar-refractivity contribution is 0.378. The van der Waals surface area contributed by atoms with Gasteiger partial charge >= 0.3 is 0 Å². The van der Waals surface area contributed by atoms with Crippen LogP contribution in [0.4, 0.5) is 0 Å². The third-order valence-corrected chi connectivity index (χ3v) is 4.69. The third kappa shape index (κ3) is 5.40. The van der Waals surface area contributed by atoms with E-state index in [2.05, 4.69) is 30.8 Å². The zero-order valence-corrected chi connectivity index (χ0v) is 14.0. The first kappa shape index (κ1) is 17.4. The second kappa shape index (κ2) is 6.89. The Labute approximate surface area is 127 Å². The van der Waals surface area contributed by atoms with Crippen LogP contribution < -0.4 is 10.0 Å². The van der Waals surface area contributed by atoms with Crippen molar-refractivity contribution in [1.29, 1.82) is 0 Å². The fourth-order valence-electron chi connectivity index (χ4n) is 1.69. The van der Waals surface area contributed by atoms with Gasteiger partial charge in [0, 0.05) is 18.1 Å². The molecular weight excluding hydrogens is 296 g/mol. The first-order valence-corrected chi connectivity index (χ1v) is 8.44. The molecule has 1 aromatic carbocycles. The molecule has 0 saturated carbocycles. The largest absolute Gasteiger partial charge is 0.316 e. The van der Waals surface area contributed by atoms with Crippen LogP contribution in [0.5, 0.6) is 0 Å². The molecule has 1 rings (SSSR count). The quantitative estimate of drug-likeness (QED) is 0.848. The van der Waals surface area contributed by atoms with Crippen LogP contribution in [-0.2, 0) is 16.6 Å². The van der Waals surface area contributed by atoms with Crippen molar-refractivity contribution >= 4 is 21.6 Å². The van der Waals surface area contributed by atoms with Crippen molar-refractivity contribution in [2.24, 2.45) is 5.41 Å². The van der Waals surface area contributed by atoms with Crippen LogP contribution in [0.25, 0.3) is 0 Å². The molecule has 0 aliphatic rings. The van der Waals surface area contributed by atoms with Gasteiger partial charge in [-0.1, -0.05) is 32.4 Å². The van der Waals surface area contributed by atoms with Crippen molar-refractivity contribution in [3.8, 4) is 0 Å². The number of sulfonamides is 1. The smallest absolute Gasteiger partial charge is 0.240 e. The van der Waals surface area contributed by atoms with Crippen LogP contribution in [0.15, 0.2) is 23.1 Å². The maximum Gasteiger partial charge on any atom is 0.240 e. The molecule has 0 atom stereocenters. The average molecular weight is 319 g/mol. The van der Waals surface area contributed by atoms with Gasteiger partial charge in [0.2, 0.25) is 10.0 Å². The molecule has 6 heteroatoms. The lowest BCUT2D eigenvalue weighted by Gasteiger charge is -2.18. The highest BCUT2D eigenvalue weighted by Gasteiger charge is 2.17. The summed E-state index contributed by atoms with van der Waals surface area (Å²) in [6.45, 7) is 7.19. The van der Waals surface area contributed by atoms with Crippen molar-refractivity contribution in [1.82, 2.24) is 10.0 Å². The number of rotatable bonds is 6. The van der Waals surface area contributed by atoms with Gasteiger partial charge in [0.05, 0.1) is 4.90 Å². The molecule has 114 valence electrons. The standard InChI is InChI=1S/C14H23ClN2O2S/c1-14(2,3)7-8-17-20(18,19)12-5-6-13(15)11(9-12)10-16-4/h5-6,9,16-17H,7-8,10H2,1-4H3. The van der Waals surface area contributed by atoms with Crippen molar-refractivity contribution in [2.45, 2.75) is 38.6 Å². The van der Waals surface area contributed by atoms with Crippen LogP contribution in [-0.4, -0.2) is 22.0 Å². The van der Waals surface area contributed by atoms with Gasteiger partial charge in [0.1, 0.15) is 0 Å². The third-order valence-electron chi connectivity index (χ3n) is 2.86. The number of hydrogen-bond acceptors (Lipinski definition) is 3. The second-order valence-corrected chi connectivity index (χ2v) is 8.17. The van der Waals surface area contributed by atoms with E-state index in [4.69, 9.17) is 11.6 Å². The zero-order valence-electron chi connectivity index (χ0n) is 12.5. The lowest BCUT2D eigenvalue weighted by Crippen LogP contribution is -2.27. The van der Waals surface area contributed by atoms with Crippen LogP contribution >= 0.6 is 11.6 Å². The van der Waals surface area contributed by atoms with E-state index in [1.165, 1.54) is 6.07 Å². The molecule has 0 aliphatic heterocycles. The SMILES string of the molecule is CNCc1cc(S(=O)(=O)NCCC(C)(C)C)ccc1Cl. The molecule has 0 fully saturated rings. The summed E-state index contributed by atoms with van der Waals surface area (Å²) in [6, 6.07) is 4.76. The summed E-state index contributed by atoms with van der Waals surface area (Å²) in [4.78, 5) is 0.251. The molecule has 0 unspecified atom stereocenters. The minimum absolute atomic E-state index is 0.0970. The molecule has 0 radical (unpaired) electrons. The van der Waals surface area contributed by atoms with Crippen molar-refractivity contribution in [2.75, 3.05) is 13.6 Å². The van der Waals surface area contributed by atoms with E-state index >= 15 is 0 Å². The predicted octanol–water partition coefficient (Wildman–Crippen LogP) is 2.77. The van der Waals surface area contributed by atoms with E-state index in [9.17, 15) is 8.42 Å². The second-order valence-electron chi connectivity index (χ2n) is 5.99. The minimum Gasteiger partial charge on any atom is -0.316 e. The van der Waals surface area contributed by atoms with Crippen molar-refractivity contribution in [3.63, 3.8) is 0 Å². The zero-order chi connectivity index (χ0) is 15.4. The summed E-state index contributed by atoms with van der Waals surface area (Å²) in [5.74, 6) is 0. The number of halogens is 1. The van der Waals surface area contributed by atoms with Gasteiger partial charge in [-0.25, -0.2) is 13.1 Å². The fraction of sp³-hybridized carbons (Fsp3) is 0.571. The lowest BCUT2D eigenvalue weighted by atomic mass is 9.93. The van der Waals surface area contributed by atoms with Crippen molar-refractivity contribution in [3.05, 3.63) is 28.8 Å². The van der Waals surface area contributed by atoms with Gasteiger partial charge < -0.3 is 5.32 Å². The van der Waals surface area contributed by atoms with E-state index in [0.29, 0.717) is 18.1 Å². The summed E-state index contributed by atoms with van der Waals surface area (Å²) in [5, 5.41) is 3.53. The van der Waals surface area contributed by atoms with Crippen LogP contribution in [0.1, 0.15) is 32.8 Å². The van der Waals surface area contributed by atoms with E-state index in [-0.39, 0.29) is 10.3 Å². The highest BCUT2D eigenvalue weighted by molar-refractivity contribution is 7.89. The summed E-state index contributed by atoms with van der Waals surface area (Å²) in [6.07, 6.45) is 0.781.